The van der Waals surface area contributed by atoms with E-state index in [1.807, 2.05) is 36.1 Å². The number of piperazine rings is 1. The third-order valence-corrected chi connectivity index (χ3v) is 4.71. The van der Waals surface area contributed by atoms with Gasteiger partial charge in [-0.1, -0.05) is 42.0 Å². The molecule has 0 bridgehead atoms. The molecule has 0 radical (unpaired) electrons. The summed E-state index contributed by atoms with van der Waals surface area (Å²) in [5.74, 6) is -0.726. The molecule has 1 heterocycles. The summed E-state index contributed by atoms with van der Waals surface area (Å²) >= 11 is 0. The Morgan fingerprint density at radius 2 is 1.78 bits per heavy atom. The van der Waals surface area contributed by atoms with Crippen molar-refractivity contribution in [3.8, 4) is 0 Å². The van der Waals surface area contributed by atoms with Gasteiger partial charge in [0.15, 0.2) is 0 Å². The molecule has 0 aromatic heterocycles. The quantitative estimate of drug-likeness (QED) is 0.824. The largest absolute Gasteiger partial charge is 0.366 e. The number of nitrogens with one attached hydrogen (secondary N) is 1. The zero-order chi connectivity index (χ0) is 19.2. The van der Waals surface area contributed by atoms with Crippen LogP contribution in [0.5, 0.6) is 0 Å². The Kier molecular flexibility index (Phi) is 6.06. The van der Waals surface area contributed by atoms with Crippen molar-refractivity contribution < 1.29 is 14.0 Å². The van der Waals surface area contributed by atoms with Crippen molar-refractivity contribution >= 4 is 17.5 Å². The number of nitrogens with zero attached hydrogens (tertiary/aromatic N) is 2. The predicted octanol–water partition coefficient (Wildman–Crippen LogP) is 2.49. The van der Waals surface area contributed by atoms with Crippen LogP contribution in [0, 0.1) is 12.7 Å². The lowest BCUT2D eigenvalue weighted by Gasteiger charge is -2.36. The Balaban J connectivity index is 1.45. The summed E-state index contributed by atoms with van der Waals surface area (Å²) in [5.41, 5.74) is 2.69. The first-order valence-electron chi connectivity index (χ1n) is 9.12. The minimum atomic E-state index is -0.280. The average molecular weight is 369 g/mol. The molecule has 1 saturated heterocycles. The van der Waals surface area contributed by atoms with Gasteiger partial charge in [0.1, 0.15) is 12.2 Å². The highest BCUT2D eigenvalue weighted by Gasteiger charge is 2.23. The Labute approximate surface area is 158 Å². The second-order valence-corrected chi connectivity index (χ2v) is 6.76. The first-order valence-corrected chi connectivity index (χ1v) is 9.12. The molecule has 27 heavy (non-hydrogen) atoms. The van der Waals surface area contributed by atoms with Crippen molar-refractivity contribution in [2.24, 2.45) is 0 Å². The fourth-order valence-electron chi connectivity index (χ4n) is 3.24. The normalized spacial score (nSPS) is 14.1. The minimum Gasteiger partial charge on any atom is -0.366 e. The molecule has 1 aliphatic rings. The summed E-state index contributed by atoms with van der Waals surface area (Å²) in [6, 6.07) is 14.5. The standard InChI is InChI=1S/C21H24FN3O2/c1-16-5-4-6-17(13-16)15-23-20(26)14-21(27)25-11-9-24(10-12-25)19-8-3-2-7-18(19)22/h2-8,13H,9-12,14-15H2,1H3,(H,23,26). The average Bonchev–Trinajstić information content (AvgIpc) is 2.67. The molecular weight excluding hydrogens is 345 g/mol. The number of anilines is 1. The van der Waals surface area contributed by atoms with Crippen molar-refractivity contribution in [1.29, 1.82) is 0 Å². The number of halogens is 1. The van der Waals surface area contributed by atoms with E-state index in [0.717, 1.165) is 11.1 Å². The molecule has 142 valence electrons. The molecular formula is C21H24FN3O2. The maximum atomic E-state index is 13.9. The number of carbonyl (C=O) groups is 2. The maximum absolute atomic E-state index is 13.9. The lowest BCUT2D eigenvalue weighted by molar-refractivity contribution is -0.136. The number of hydrogen-bond donors (Lipinski definition) is 1. The summed E-state index contributed by atoms with van der Waals surface area (Å²) in [4.78, 5) is 28.0. The molecule has 3 rings (SSSR count). The van der Waals surface area contributed by atoms with Gasteiger partial charge < -0.3 is 15.1 Å². The van der Waals surface area contributed by atoms with Crippen LogP contribution in [-0.4, -0.2) is 42.9 Å². The molecule has 2 aromatic carbocycles. The first-order chi connectivity index (χ1) is 13.0. The molecule has 5 nitrogen and oxygen atoms in total. The fraction of sp³-hybridized carbons (Fsp3) is 0.333. The zero-order valence-corrected chi connectivity index (χ0v) is 15.5. The van der Waals surface area contributed by atoms with Gasteiger partial charge in [0.2, 0.25) is 11.8 Å². The molecule has 2 aromatic rings. The molecule has 1 fully saturated rings. The van der Waals surface area contributed by atoms with E-state index in [-0.39, 0.29) is 24.1 Å². The number of para-hydroxylation sites is 1. The zero-order valence-electron chi connectivity index (χ0n) is 15.5. The van der Waals surface area contributed by atoms with Gasteiger partial charge in [0.05, 0.1) is 5.69 Å². The third kappa shape index (κ3) is 5.06. The second kappa shape index (κ2) is 8.66. The highest BCUT2D eigenvalue weighted by Crippen LogP contribution is 2.20. The number of carbonyl (C=O) groups excluding carboxylic acids is 2. The summed E-state index contributed by atoms with van der Waals surface area (Å²) in [7, 11) is 0. The van der Waals surface area contributed by atoms with Crippen LogP contribution < -0.4 is 10.2 Å². The van der Waals surface area contributed by atoms with Crippen LogP contribution in [0.25, 0.3) is 0 Å². The minimum absolute atomic E-state index is 0.161. The van der Waals surface area contributed by atoms with Gasteiger partial charge in [0, 0.05) is 32.7 Å². The van der Waals surface area contributed by atoms with Gasteiger partial charge in [-0.05, 0) is 24.6 Å². The van der Waals surface area contributed by atoms with E-state index in [1.54, 1.807) is 23.1 Å². The topological polar surface area (TPSA) is 52.7 Å². The number of amides is 2. The second-order valence-electron chi connectivity index (χ2n) is 6.76. The van der Waals surface area contributed by atoms with Gasteiger partial charge in [-0.3, -0.25) is 9.59 Å². The van der Waals surface area contributed by atoms with Crippen molar-refractivity contribution in [1.82, 2.24) is 10.2 Å². The van der Waals surface area contributed by atoms with Crippen LogP contribution in [0.15, 0.2) is 48.5 Å². The Morgan fingerprint density at radius 3 is 2.48 bits per heavy atom. The Hall–Kier alpha value is -2.89. The summed E-state index contributed by atoms with van der Waals surface area (Å²) in [5, 5.41) is 2.79. The van der Waals surface area contributed by atoms with Gasteiger partial charge in [0.25, 0.3) is 0 Å². The van der Waals surface area contributed by atoms with Crippen molar-refractivity contribution in [2.45, 2.75) is 19.9 Å². The highest BCUT2D eigenvalue weighted by atomic mass is 19.1. The van der Waals surface area contributed by atoms with Crippen LogP contribution >= 0.6 is 0 Å². The van der Waals surface area contributed by atoms with Crippen LogP contribution in [-0.2, 0) is 16.1 Å². The van der Waals surface area contributed by atoms with E-state index in [0.29, 0.717) is 38.4 Å². The van der Waals surface area contributed by atoms with E-state index in [1.165, 1.54) is 6.07 Å². The van der Waals surface area contributed by atoms with Gasteiger partial charge in [-0.15, -0.1) is 0 Å². The summed E-state index contributed by atoms with van der Waals surface area (Å²) < 4.78 is 13.9. The summed E-state index contributed by atoms with van der Waals surface area (Å²) in [6.45, 7) is 4.48. The first kappa shape index (κ1) is 18.9. The van der Waals surface area contributed by atoms with Crippen LogP contribution in [0.4, 0.5) is 10.1 Å². The predicted molar refractivity (Wildman–Crippen MR) is 103 cm³/mol. The van der Waals surface area contributed by atoms with Gasteiger partial charge >= 0.3 is 0 Å². The van der Waals surface area contributed by atoms with E-state index < -0.39 is 0 Å². The van der Waals surface area contributed by atoms with Crippen LogP contribution in [0.3, 0.4) is 0 Å². The lowest BCUT2D eigenvalue weighted by atomic mass is 10.1. The molecule has 1 aliphatic heterocycles. The monoisotopic (exact) mass is 369 g/mol. The molecule has 0 atom stereocenters. The van der Waals surface area contributed by atoms with Crippen LogP contribution in [0.1, 0.15) is 17.5 Å². The molecule has 0 spiro atoms. The van der Waals surface area contributed by atoms with E-state index in [4.69, 9.17) is 0 Å². The molecule has 1 N–H and O–H groups in total. The summed E-state index contributed by atoms with van der Waals surface area (Å²) in [6.07, 6.45) is -0.161. The fourth-order valence-corrected chi connectivity index (χ4v) is 3.24. The van der Waals surface area contributed by atoms with Gasteiger partial charge in [-0.2, -0.15) is 0 Å². The maximum Gasteiger partial charge on any atom is 0.232 e. The smallest absolute Gasteiger partial charge is 0.232 e. The molecule has 2 amide bonds. The number of rotatable bonds is 5. The number of benzene rings is 2. The Bertz CT molecular complexity index is 817. The molecule has 0 aliphatic carbocycles. The number of hydrogen-bond acceptors (Lipinski definition) is 3. The molecule has 0 unspecified atom stereocenters. The molecule has 6 heteroatoms. The van der Waals surface area contributed by atoms with Crippen LogP contribution in [0.2, 0.25) is 0 Å². The highest BCUT2D eigenvalue weighted by molar-refractivity contribution is 5.96. The van der Waals surface area contributed by atoms with Crippen molar-refractivity contribution in [3.63, 3.8) is 0 Å². The SMILES string of the molecule is Cc1cccc(CNC(=O)CC(=O)N2CCN(c3ccccc3F)CC2)c1. The van der Waals surface area contributed by atoms with E-state index >= 15 is 0 Å². The van der Waals surface area contributed by atoms with E-state index in [2.05, 4.69) is 5.32 Å². The number of aryl methyl sites for hydroxylation is 1. The van der Waals surface area contributed by atoms with Crippen molar-refractivity contribution in [3.05, 3.63) is 65.5 Å². The van der Waals surface area contributed by atoms with Crippen molar-refractivity contribution in [2.75, 3.05) is 31.1 Å². The molecule has 0 saturated carbocycles. The van der Waals surface area contributed by atoms with E-state index in [9.17, 15) is 14.0 Å². The third-order valence-electron chi connectivity index (χ3n) is 4.71. The lowest BCUT2D eigenvalue weighted by Crippen LogP contribution is -2.49. The Morgan fingerprint density at radius 1 is 1.04 bits per heavy atom. The van der Waals surface area contributed by atoms with Gasteiger partial charge in [-0.25, -0.2) is 4.39 Å².